The molecule has 0 spiro atoms. The number of hydrogen-bond acceptors (Lipinski definition) is 7. The summed E-state index contributed by atoms with van der Waals surface area (Å²) in [6, 6.07) is 1.03. The zero-order valence-corrected chi connectivity index (χ0v) is 20.1. The average molecular weight is 428 g/mol. The van der Waals surface area contributed by atoms with Crippen LogP contribution in [0.5, 0.6) is 0 Å². The summed E-state index contributed by atoms with van der Waals surface area (Å²) in [5.74, 6) is 0. The molecule has 0 saturated carbocycles. The number of hydrogen-bond donors (Lipinski definition) is 1. The van der Waals surface area contributed by atoms with E-state index in [0.717, 1.165) is 65.4 Å². The minimum atomic E-state index is -0.320. The molecule has 0 aliphatic carbocycles. The minimum Gasteiger partial charge on any atom is -0.447 e. The first-order chi connectivity index (χ1) is 14.3. The molecule has 2 rings (SSSR count). The molecular formula is C22H45N5O3. The van der Waals surface area contributed by atoms with Gasteiger partial charge >= 0.3 is 6.09 Å². The zero-order chi connectivity index (χ0) is 22.1. The maximum absolute atomic E-state index is 11.7. The monoisotopic (exact) mass is 427 g/mol. The largest absolute Gasteiger partial charge is 0.447 e. The van der Waals surface area contributed by atoms with Crippen molar-refractivity contribution in [2.45, 2.75) is 58.4 Å². The van der Waals surface area contributed by atoms with E-state index >= 15 is 0 Å². The molecule has 0 radical (unpaired) electrons. The van der Waals surface area contributed by atoms with Crippen LogP contribution in [-0.4, -0.2) is 130 Å². The molecule has 2 heterocycles. The number of piperazine rings is 2. The maximum Gasteiger partial charge on any atom is 0.407 e. The van der Waals surface area contributed by atoms with Crippen molar-refractivity contribution < 1.29 is 14.3 Å². The quantitative estimate of drug-likeness (QED) is 0.525. The molecule has 2 aliphatic rings. The second kappa shape index (κ2) is 12.8. The molecule has 2 atom stereocenters. The molecule has 1 amide bonds. The summed E-state index contributed by atoms with van der Waals surface area (Å²) in [4.78, 5) is 21.8. The summed E-state index contributed by atoms with van der Waals surface area (Å²) in [5, 5.41) is 2.87. The zero-order valence-electron chi connectivity index (χ0n) is 20.1. The number of likely N-dealkylation sites (N-methyl/N-ethyl adjacent to an activating group) is 2. The van der Waals surface area contributed by atoms with Gasteiger partial charge in [0.1, 0.15) is 0 Å². The van der Waals surface area contributed by atoms with Crippen molar-refractivity contribution in [1.82, 2.24) is 24.9 Å². The van der Waals surface area contributed by atoms with Crippen LogP contribution in [0.2, 0.25) is 0 Å². The van der Waals surface area contributed by atoms with Gasteiger partial charge in [0.15, 0.2) is 0 Å². The fourth-order valence-corrected chi connectivity index (χ4v) is 4.34. The lowest BCUT2D eigenvalue weighted by Crippen LogP contribution is -2.65. The van der Waals surface area contributed by atoms with E-state index in [4.69, 9.17) is 9.47 Å². The van der Waals surface area contributed by atoms with Crippen LogP contribution >= 0.6 is 0 Å². The lowest BCUT2D eigenvalue weighted by molar-refractivity contribution is -0.00399. The highest BCUT2D eigenvalue weighted by Gasteiger charge is 2.36. The Labute approximate surface area is 183 Å². The summed E-state index contributed by atoms with van der Waals surface area (Å²) >= 11 is 0. The van der Waals surface area contributed by atoms with Gasteiger partial charge in [-0.15, -0.1) is 0 Å². The topological polar surface area (TPSA) is 60.5 Å². The van der Waals surface area contributed by atoms with Gasteiger partial charge < -0.3 is 19.7 Å². The Kier molecular flexibility index (Phi) is 10.8. The molecule has 2 fully saturated rings. The second-order valence-corrected chi connectivity index (χ2v) is 9.35. The summed E-state index contributed by atoms with van der Waals surface area (Å²) in [5.41, 5.74) is 0. The fourth-order valence-electron chi connectivity index (χ4n) is 4.34. The highest BCUT2D eigenvalue weighted by atomic mass is 16.6. The Morgan fingerprint density at radius 2 is 1.47 bits per heavy atom. The van der Waals surface area contributed by atoms with Gasteiger partial charge in [0.25, 0.3) is 0 Å². The molecule has 8 nitrogen and oxygen atoms in total. The SMILES string of the molecule is CC(C)OCCCN1CCN(C)C(C2CN(CCNC(=O)OC(C)C)CCN2C)C1. The number of carbonyl (C=O) groups excluding carboxylic acids is 1. The van der Waals surface area contributed by atoms with Crippen molar-refractivity contribution in [1.29, 1.82) is 0 Å². The molecule has 176 valence electrons. The Morgan fingerprint density at radius 1 is 0.900 bits per heavy atom. The van der Waals surface area contributed by atoms with E-state index in [1.54, 1.807) is 0 Å². The van der Waals surface area contributed by atoms with Crippen LogP contribution in [-0.2, 0) is 9.47 Å². The highest BCUT2D eigenvalue weighted by molar-refractivity contribution is 5.67. The van der Waals surface area contributed by atoms with Gasteiger partial charge in [-0.25, -0.2) is 4.79 Å². The normalized spacial score (nSPS) is 25.2. The van der Waals surface area contributed by atoms with Crippen molar-refractivity contribution in [3.8, 4) is 0 Å². The van der Waals surface area contributed by atoms with Crippen molar-refractivity contribution in [2.24, 2.45) is 0 Å². The lowest BCUT2D eigenvalue weighted by Gasteiger charge is -2.49. The van der Waals surface area contributed by atoms with Crippen LogP contribution < -0.4 is 5.32 Å². The van der Waals surface area contributed by atoms with Crippen LogP contribution in [0.1, 0.15) is 34.1 Å². The minimum absolute atomic E-state index is 0.0836. The Bertz CT molecular complexity index is 505. The van der Waals surface area contributed by atoms with Crippen LogP contribution in [0.4, 0.5) is 4.79 Å². The molecule has 30 heavy (non-hydrogen) atoms. The first-order valence-corrected chi connectivity index (χ1v) is 11.7. The highest BCUT2D eigenvalue weighted by Crippen LogP contribution is 2.19. The Balaban J connectivity index is 1.80. The summed E-state index contributed by atoms with van der Waals surface area (Å²) in [7, 11) is 4.52. The van der Waals surface area contributed by atoms with E-state index in [1.807, 2.05) is 13.8 Å². The molecule has 0 bridgehead atoms. The average Bonchev–Trinajstić information content (AvgIpc) is 2.67. The number of nitrogens with zero attached hydrogens (tertiary/aromatic N) is 4. The Hall–Kier alpha value is -0.930. The lowest BCUT2D eigenvalue weighted by atomic mass is 9.99. The number of ether oxygens (including phenoxy) is 2. The molecule has 0 aromatic carbocycles. The van der Waals surface area contributed by atoms with E-state index in [2.05, 4.69) is 52.9 Å². The molecule has 1 N–H and O–H groups in total. The van der Waals surface area contributed by atoms with Crippen LogP contribution in [0, 0.1) is 0 Å². The first kappa shape index (κ1) is 25.3. The van der Waals surface area contributed by atoms with E-state index in [9.17, 15) is 4.79 Å². The third-order valence-electron chi connectivity index (χ3n) is 6.11. The Morgan fingerprint density at radius 3 is 2.00 bits per heavy atom. The van der Waals surface area contributed by atoms with E-state index < -0.39 is 0 Å². The second-order valence-electron chi connectivity index (χ2n) is 9.35. The van der Waals surface area contributed by atoms with E-state index in [1.165, 1.54) is 0 Å². The predicted molar refractivity (Wildman–Crippen MR) is 121 cm³/mol. The van der Waals surface area contributed by atoms with Gasteiger partial charge in [0, 0.05) is 77.6 Å². The van der Waals surface area contributed by atoms with Gasteiger partial charge in [-0.3, -0.25) is 14.7 Å². The van der Waals surface area contributed by atoms with Gasteiger partial charge in [-0.1, -0.05) is 0 Å². The molecular weight excluding hydrogens is 382 g/mol. The van der Waals surface area contributed by atoms with Gasteiger partial charge in [0.05, 0.1) is 12.2 Å². The van der Waals surface area contributed by atoms with Crippen molar-refractivity contribution in [3.63, 3.8) is 0 Å². The van der Waals surface area contributed by atoms with Crippen molar-refractivity contribution in [3.05, 3.63) is 0 Å². The molecule has 0 aromatic rings. The van der Waals surface area contributed by atoms with Crippen molar-refractivity contribution >= 4 is 6.09 Å². The van der Waals surface area contributed by atoms with E-state index in [0.29, 0.717) is 24.7 Å². The van der Waals surface area contributed by atoms with Crippen molar-refractivity contribution in [2.75, 3.05) is 79.6 Å². The van der Waals surface area contributed by atoms with Crippen LogP contribution in [0.3, 0.4) is 0 Å². The summed E-state index contributed by atoms with van der Waals surface area (Å²) in [6.07, 6.45) is 1.01. The molecule has 8 heteroatoms. The third-order valence-corrected chi connectivity index (χ3v) is 6.11. The van der Waals surface area contributed by atoms with E-state index in [-0.39, 0.29) is 12.2 Å². The predicted octanol–water partition coefficient (Wildman–Crippen LogP) is 1.17. The summed E-state index contributed by atoms with van der Waals surface area (Å²) in [6.45, 7) is 17.9. The number of amides is 1. The van der Waals surface area contributed by atoms with Gasteiger partial charge in [0.2, 0.25) is 0 Å². The molecule has 2 aliphatic heterocycles. The van der Waals surface area contributed by atoms with Crippen LogP contribution in [0.15, 0.2) is 0 Å². The number of carbonyl (C=O) groups is 1. The summed E-state index contributed by atoms with van der Waals surface area (Å²) < 4.78 is 10.9. The number of nitrogens with one attached hydrogen (secondary N) is 1. The third kappa shape index (κ3) is 8.67. The van der Waals surface area contributed by atoms with Crippen LogP contribution in [0.25, 0.3) is 0 Å². The smallest absolute Gasteiger partial charge is 0.407 e. The molecule has 2 saturated heterocycles. The molecule has 0 aromatic heterocycles. The first-order valence-electron chi connectivity index (χ1n) is 11.7. The maximum atomic E-state index is 11.7. The van der Waals surface area contributed by atoms with Gasteiger partial charge in [-0.05, 0) is 48.2 Å². The number of rotatable bonds is 10. The van der Waals surface area contributed by atoms with Gasteiger partial charge in [-0.2, -0.15) is 0 Å². The standard InChI is InChI=1S/C22H45N5O3/c1-18(2)29-15-7-9-26-13-11-24(5)20(16-26)21-17-27(14-12-25(21)6)10-8-23-22(28)30-19(3)4/h18-21H,7-17H2,1-6H3,(H,23,28). The number of alkyl carbamates (subject to hydrolysis) is 1. The fraction of sp³-hybridized carbons (Fsp3) is 0.955. The molecule has 2 unspecified atom stereocenters.